The number of nitrogens with zero attached hydrogens (tertiary/aromatic N) is 2. The number of alkyl halides is 2. The maximum atomic E-state index is 12.6. The Morgan fingerprint density at radius 1 is 1.09 bits per heavy atom. The summed E-state index contributed by atoms with van der Waals surface area (Å²) in [7, 11) is 0. The first-order chi connectivity index (χ1) is 11.2. The zero-order chi connectivity index (χ0) is 16.2. The molecule has 0 fully saturated rings. The summed E-state index contributed by atoms with van der Waals surface area (Å²) < 4.78 is 25.1. The lowest BCUT2D eigenvalue weighted by atomic mass is 10.1. The number of fused-ring (bicyclic) bond motifs is 1. The molecule has 3 nitrogen and oxygen atoms in total. The van der Waals surface area contributed by atoms with Crippen LogP contribution in [0.4, 0.5) is 14.5 Å². The van der Waals surface area contributed by atoms with Gasteiger partial charge in [-0.25, -0.2) is 8.78 Å². The number of halogens is 2. The Kier molecular flexibility index (Phi) is 4.15. The zero-order valence-corrected chi connectivity index (χ0v) is 12.1. The molecule has 1 N–H and O–H groups in total. The van der Waals surface area contributed by atoms with Gasteiger partial charge >= 0.3 is 0 Å². The summed E-state index contributed by atoms with van der Waals surface area (Å²) in [5, 5.41) is 13.3. The van der Waals surface area contributed by atoms with Gasteiger partial charge in [-0.3, -0.25) is 4.98 Å². The molecule has 5 heteroatoms. The lowest BCUT2D eigenvalue weighted by Gasteiger charge is -2.11. The van der Waals surface area contributed by atoms with Gasteiger partial charge in [0.05, 0.1) is 16.8 Å². The molecule has 0 aliphatic rings. The number of nitrogens with one attached hydrogen (secondary N) is 1. The first kappa shape index (κ1) is 14.9. The molecule has 114 valence electrons. The van der Waals surface area contributed by atoms with Gasteiger partial charge in [-0.05, 0) is 11.6 Å². The van der Waals surface area contributed by atoms with Crippen molar-refractivity contribution in [1.29, 1.82) is 5.26 Å². The van der Waals surface area contributed by atoms with Crippen LogP contribution in [-0.4, -0.2) is 4.98 Å². The van der Waals surface area contributed by atoms with Crippen molar-refractivity contribution in [2.75, 3.05) is 5.32 Å². The molecule has 0 atom stereocenters. The van der Waals surface area contributed by atoms with E-state index in [0.717, 1.165) is 16.5 Å². The highest BCUT2D eigenvalue weighted by Gasteiger charge is 2.09. The first-order valence-electron chi connectivity index (χ1n) is 7.08. The number of benzene rings is 2. The Balaban J connectivity index is 1.88. The Morgan fingerprint density at radius 3 is 2.52 bits per heavy atom. The van der Waals surface area contributed by atoms with Gasteiger partial charge in [0, 0.05) is 23.7 Å². The Hall–Kier alpha value is -3.00. The molecule has 3 rings (SSSR count). The van der Waals surface area contributed by atoms with Gasteiger partial charge in [0.1, 0.15) is 6.07 Å². The topological polar surface area (TPSA) is 48.7 Å². The molecule has 0 aliphatic heterocycles. The summed E-state index contributed by atoms with van der Waals surface area (Å²) in [6.07, 6.45) is -0.934. The van der Waals surface area contributed by atoms with Crippen molar-refractivity contribution >= 4 is 16.6 Å². The van der Waals surface area contributed by atoms with Gasteiger partial charge in [0.25, 0.3) is 6.43 Å². The van der Waals surface area contributed by atoms with E-state index in [1.165, 1.54) is 18.3 Å². The van der Waals surface area contributed by atoms with E-state index in [2.05, 4.69) is 16.4 Å². The largest absolute Gasteiger partial charge is 0.379 e. The van der Waals surface area contributed by atoms with E-state index in [0.29, 0.717) is 17.8 Å². The summed E-state index contributed by atoms with van der Waals surface area (Å²) in [6, 6.07) is 15.8. The number of aromatic nitrogens is 1. The molecule has 0 bridgehead atoms. The van der Waals surface area contributed by atoms with E-state index in [4.69, 9.17) is 0 Å². The first-order valence-corrected chi connectivity index (χ1v) is 7.08. The van der Waals surface area contributed by atoms with Crippen LogP contribution in [-0.2, 0) is 6.54 Å². The maximum absolute atomic E-state index is 12.6. The molecule has 0 aliphatic carbocycles. The molecule has 1 aromatic heterocycles. The van der Waals surface area contributed by atoms with E-state index in [1.54, 1.807) is 12.1 Å². The van der Waals surface area contributed by atoms with Gasteiger partial charge < -0.3 is 5.32 Å². The van der Waals surface area contributed by atoms with Gasteiger partial charge in [-0.1, -0.05) is 42.5 Å². The number of anilines is 1. The number of rotatable bonds is 4. The average Bonchev–Trinajstić information content (AvgIpc) is 2.59. The average molecular weight is 309 g/mol. The second-order valence-corrected chi connectivity index (χ2v) is 5.07. The third kappa shape index (κ3) is 3.11. The van der Waals surface area contributed by atoms with Crippen LogP contribution in [0, 0.1) is 11.3 Å². The Bertz CT molecular complexity index is 868. The normalized spacial score (nSPS) is 10.7. The minimum Gasteiger partial charge on any atom is -0.379 e. The fourth-order valence-corrected chi connectivity index (χ4v) is 2.39. The summed E-state index contributed by atoms with van der Waals surface area (Å²) in [5.41, 5.74) is 2.81. The van der Waals surface area contributed by atoms with Crippen molar-refractivity contribution in [3.05, 3.63) is 71.4 Å². The van der Waals surface area contributed by atoms with E-state index < -0.39 is 6.43 Å². The highest BCUT2D eigenvalue weighted by atomic mass is 19.3. The van der Waals surface area contributed by atoms with E-state index >= 15 is 0 Å². The standard InChI is InChI=1S/C18H13F2N3/c19-18(20)13-7-5-12(6-8-13)10-23-17-14(9-21)11-22-16-4-2-1-3-15(16)17/h1-8,11,18H,10H2,(H,22,23). The molecular formula is C18H13F2N3. The molecule has 0 spiro atoms. The van der Waals surface area contributed by atoms with Crippen molar-refractivity contribution < 1.29 is 8.78 Å². The molecule has 0 unspecified atom stereocenters. The number of para-hydroxylation sites is 1. The monoisotopic (exact) mass is 309 g/mol. The number of hydrogen-bond acceptors (Lipinski definition) is 3. The quantitative estimate of drug-likeness (QED) is 0.762. The summed E-state index contributed by atoms with van der Waals surface area (Å²) in [5.74, 6) is 0. The summed E-state index contributed by atoms with van der Waals surface area (Å²) in [4.78, 5) is 4.25. The molecule has 1 heterocycles. The Morgan fingerprint density at radius 2 is 1.83 bits per heavy atom. The van der Waals surface area contributed by atoms with E-state index in [1.807, 2.05) is 24.3 Å². The van der Waals surface area contributed by atoms with Crippen LogP contribution in [0.15, 0.2) is 54.7 Å². The third-order valence-electron chi connectivity index (χ3n) is 3.60. The highest BCUT2D eigenvalue weighted by molar-refractivity contribution is 5.93. The van der Waals surface area contributed by atoms with Crippen molar-refractivity contribution in [1.82, 2.24) is 4.98 Å². The van der Waals surface area contributed by atoms with Crippen LogP contribution < -0.4 is 5.32 Å². The van der Waals surface area contributed by atoms with Gasteiger partial charge in [0.15, 0.2) is 0 Å². The van der Waals surface area contributed by atoms with Crippen molar-refractivity contribution in [2.24, 2.45) is 0 Å². The zero-order valence-electron chi connectivity index (χ0n) is 12.1. The minimum atomic E-state index is -2.47. The predicted molar refractivity (Wildman–Crippen MR) is 85.2 cm³/mol. The lowest BCUT2D eigenvalue weighted by molar-refractivity contribution is 0.151. The number of pyridine rings is 1. The van der Waals surface area contributed by atoms with Gasteiger partial charge in [-0.2, -0.15) is 5.26 Å². The van der Waals surface area contributed by atoms with Crippen LogP contribution in [0.1, 0.15) is 23.1 Å². The highest BCUT2D eigenvalue weighted by Crippen LogP contribution is 2.26. The molecule has 3 aromatic rings. The minimum absolute atomic E-state index is 0.000764. The van der Waals surface area contributed by atoms with Crippen LogP contribution in [0.2, 0.25) is 0 Å². The van der Waals surface area contributed by atoms with Crippen LogP contribution >= 0.6 is 0 Å². The smallest absolute Gasteiger partial charge is 0.263 e. The molecule has 0 saturated carbocycles. The second kappa shape index (κ2) is 6.41. The van der Waals surface area contributed by atoms with Gasteiger partial charge in [-0.15, -0.1) is 0 Å². The van der Waals surface area contributed by atoms with E-state index in [9.17, 15) is 14.0 Å². The van der Waals surface area contributed by atoms with Gasteiger partial charge in [0.2, 0.25) is 0 Å². The molecular weight excluding hydrogens is 296 g/mol. The molecule has 0 radical (unpaired) electrons. The number of hydrogen-bond donors (Lipinski definition) is 1. The summed E-state index contributed by atoms with van der Waals surface area (Å²) in [6.45, 7) is 0.437. The van der Waals surface area contributed by atoms with Crippen LogP contribution in [0.5, 0.6) is 0 Å². The van der Waals surface area contributed by atoms with E-state index in [-0.39, 0.29) is 5.56 Å². The third-order valence-corrected chi connectivity index (χ3v) is 3.60. The maximum Gasteiger partial charge on any atom is 0.263 e. The van der Waals surface area contributed by atoms with Crippen LogP contribution in [0.25, 0.3) is 10.9 Å². The molecule has 23 heavy (non-hydrogen) atoms. The Labute approximate surface area is 132 Å². The fraction of sp³-hybridized carbons (Fsp3) is 0.111. The van der Waals surface area contributed by atoms with Crippen molar-refractivity contribution in [3.63, 3.8) is 0 Å². The van der Waals surface area contributed by atoms with Crippen LogP contribution in [0.3, 0.4) is 0 Å². The van der Waals surface area contributed by atoms with Crippen molar-refractivity contribution in [2.45, 2.75) is 13.0 Å². The summed E-state index contributed by atoms with van der Waals surface area (Å²) >= 11 is 0. The SMILES string of the molecule is N#Cc1cnc2ccccc2c1NCc1ccc(C(F)F)cc1. The fourth-order valence-electron chi connectivity index (χ4n) is 2.39. The lowest BCUT2D eigenvalue weighted by Crippen LogP contribution is -2.03. The number of nitriles is 1. The molecule has 0 saturated heterocycles. The predicted octanol–water partition coefficient (Wildman–Crippen LogP) is 4.66. The molecule has 2 aromatic carbocycles. The second-order valence-electron chi connectivity index (χ2n) is 5.07. The van der Waals surface area contributed by atoms with Crippen molar-refractivity contribution in [3.8, 4) is 6.07 Å². The molecule has 0 amide bonds.